The number of hydrogen-bond donors (Lipinski definition) is 0. The Hall–Kier alpha value is -1.07. The lowest BCUT2D eigenvalue weighted by molar-refractivity contribution is 0.483. The van der Waals surface area contributed by atoms with E-state index in [0.717, 1.165) is 32.1 Å². The topological polar surface area (TPSA) is 23.8 Å². The van der Waals surface area contributed by atoms with Crippen molar-refractivity contribution in [2.45, 2.75) is 77.6 Å². The number of rotatable bonds is 10. The molecule has 1 unspecified atom stereocenters. The van der Waals surface area contributed by atoms with Gasteiger partial charge >= 0.3 is 0 Å². The fourth-order valence-corrected chi connectivity index (χ4v) is 3.08. The minimum Gasteiger partial charge on any atom is -0.207 e. The van der Waals surface area contributed by atoms with E-state index in [4.69, 9.17) is 16.9 Å². The molecular weight excluding hydrogens is 297 g/mol. The van der Waals surface area contributed by atoms with Gasteiger partial charge in [0.25, 0.3) is 0 Å². The lowest BCUT2D eigenvalue weighted by Gasteiger charge is -2.18. The number of hydrogen-bond acceptors (Lipinski definition) is 1. The Morgan fingerprint density at radius 2 is 1.68 bits per heavy atom. The van der Waals surface area contributed by atoms with Gasteiger partial charge in [0.2, 0.25) is 0 Å². The van der Waals surface area contributed by atoms with Crippen molar-refractivity contribution >= 4 is 11.6 Å². The molecule has 1 rings (SSSR count). The summed E-state index contributed by atoms with van der Waals surface area (Å²) < 4.78 is 14.3. The van der Waals surface area contributed by atoms with E-state index in [0.29, 0.717) is 10.6 Å². The molecule has 3 heteroatoms. The maximum Gasteiger partial charge on any atom is 0.128 e. The van der Waals surface area contributed by atoms with E-state index in [1.54, 1.807) is 6.07 Å². The van der Waals surface area contributed by atoms with Crippen LogP contribution in [0, 0.1) is 17.1 Å². The molecule has 0 fully saturated rings. The van der Waals surface area contributed by atoms with Crippen LogP contribution >= 0.6 is 11.6 Å². The molecule has 0 N–H and O–H groups in total. The molecule has 1 aromatic rings. The zero-order valence-electron chi connectivity index (χ0n) is 13.8. The summed E-state index contributed by atoms with van der Waals surface area (Å²) in [6.45, 7) is 4.36. The first-order valence-corrected chi connectivity index (χ1v) is 8.90. The highest BCUT2D eigenvalue weighted by molar-refractivity contribution is 6.31. The number of halogens is 2. The molecule has 1 nitrogen and oxygen atoms in total. The predicted molar refractivity (Wildman–Crippen MR) is 91.8 cm³/mol. The fourth-order valence-electron chi connectivity index (χ4n) is 2.86. The quantitative estimate of drug-likeness (QED) is 0.426. The van der Waals surface area contributed by atoms with Gasteiger partial charge in [0.15, 0.2) is 0 Å². The van der Waals surface area contributed by atoms with Crippen molar-refractivity contribution in [3.8, 4) is 6.07 Å². The summed E-state index contributed by atoms with van der Waals surface area (Å²) in [6.07, 6.45) is 10.3. The number of nitriles is 1. The van der Waals surface area contributed by atoms with Crippen molar-refractivity contribution in [3.63, 3.8) is 0 Å². The molecule has 1 atom stereocenters. The first-order valence-electron chi connectivity index (χ1n) is 8.53. The normalized spacial score (nSPS) is 12.1. The smallest absolute Gasteiger partial charge is 0.128 e. The lowest BCUT2D eigenvalue weighted by atomic mass is 9.87. The van der Waals surface area contributed by atoms with Gasteiger partial charge in [-0.05, 0) is 36.5 Å². The van der Waals surface area contributed by atoms with Gasteiger partial charge in [0, 0.05) is 0 Å². The van der Waals surface area contributed by atoms with E-state index in [1.807, 2.05) is 6.07 Å². The van der Waals surface area contributed by atoms with E-state index in [9.17, 15) is 4.39 Å². The van der Waals surface area contributed by atoms with Crippen LogP contribution in [-0.2, 0) is 0 Å². The standard InChI is InChI=1S/C19H27ClFN/c1-3-5-7-8-9-11-15(10-6-4-2)17-13-18(20)16(14-22)12-19(17)21/h12-13,15H,3-11H2,1-2H3. The zero-order chi connectivity index (χ0) is 16.4. The third-order valence-corrected chi connectivity index (χ3v) is 4.52. The first-order chi connectivity index (χ1) is 10.6. The fraction of sp³-hybridized carbons (Fsp3) is 0.632. The summed E-state index contributed by atoms with van der Waals surface area (Å²) in [5.41, 5.74) is 0.910. The van der Waals surface area contributed by atoms with Crippen molar-refractivity contribution in [2.75, 3.05) is 0 Å². The highest BCUT2D eigenvalue weighted by Crippen LogP contribution is 2.33. The van der Waals surface area contributed by atoms with Crippen LogP contribution in [0.4, 0.5) is 4.39 Å². The number of benzene rings is 1. The van der Waals surface area contributed by atoms with Crippen molar-refractivity contribution in [3.05, 3.63) is 34.1 Å². The summed E-state index contributed by atoms with van der Waals surface area (Å²) in [5.74, 6) is -0.0672. The Labute approximate surface area is 139 Å². The molecule has 0 heterocycles. The summed E-state index contributed by atoms with van der Waals surface area (Å²) in [7, 11) is 0. The van der Waals surface area contributed by atoms with Crippen LogP contribution in [-0.4, -0.2) is 0 Å². The second-order valence-corrected chi connectivity index (χ2v) is 6.41. The molecule has 0 saturated heterocycles. The van der Waals surface area contributed by atoms with Crippen molar-refractivity contribution < 1.29 is 4.39 Å². The minimum atomic E-state index is -0.282. The molecule has 0 aliphatic heterocycles. The zero-order valence-corrected chi connectivity index (χ0v) is 14.6. The molecule has 0 saturated carbocycles. The van der Waals surface area contributed by atoms with Crippen LogP contribution in [0.25, 0.3) is 0 Å². The summed E-state index contributed by atoms with van der Waals surface area (Å²) in [6, 6.07) is 4.89. The van der Waals surface area contributed by atoms with E-state index in [2.05, 4.69) is 13.8 Å². The Bertz CT molecular complexity index is 493. The number of nitrogens with zero attached hydrogens (tertiary/aromatic N) is 1. The molecule has 0 aliphatic carbocycles. The highest BCUT2D eigenvalue weighted by atomic mass is 35.5. The third kappa shape index (κ3) is 5.97. The largest absolute Gasteiger partial charge is 0.207 e. The van der Waals surface area contributed by atoms with Gasteiger partial charge in [-0.2, -0.15) is 5.26 Å². The first kappa shape index (κ1) is 19.0. The van der Waals surface area contributed by atoms with E-state index >= 15 is 0 Å². The van der Waals surface area contributed by atoms with E-state index < -0.39 is 0 Å². The predicted octanol–water partition coefficient (Wildman–Crippen LogP) is 6.99. The van der Waals surface area contributed by atoms with Crippen molar-refractivity contribution in [1.29, 1.82) is 5.26 Å². The molecule has 0 spiro atoms. The average molecular weight is 324 g/mol. The van der Waals surface area contributed by atoms with Crippen LogP contribution in [0.3, 0.4) is 0 Å². The van der Waals surface area contributed by atoms with Crippen LogP contribution in [0.15, 0.2) is 12.1 Å². The van der Waals surface area contributed by atoms with Crippen molar-refractivity contribution in [1.82, 2.24) is 0 Å². The second kappa shape index (κ2) is 10.6. The molecule has 0 amide bonds. The Morgan fingerprint density at radius 1 is 1.05 bits per heavy atom. The highest BCUT2D eigenvalue weighted by Gasteiger charge is 2.17. The Morgan fingerprint density at radius 3 is 2.32 bits per heavy atom. The molecule has 0 aromatic heterocycles. The average Bonchev–Trinajstić information content (AvgIpc) is 2.52. The van der Waals surface area contributed by atoms with Crippen molar-refractivity contribution in [2.24, 2.45) is 0 Å². The molecule has 122 valence electrons. The number of unbranched alkanes of at least 4 members (excludes halogenated alkanes) is 5. The minimum absolute atomic E-state index is 0.215. The third-order valence-electron chi connectivity index (χ3n) is 4.21. The SMILES string of the molecule is CCCCCCCC(CCCC)c1cc(Cl)c(C#N)cc1F. The molecule has 1 aromatic carbocycles. The Kier molecular flexibility index (Phi) is 9.16. The summed E-state index contributed by atoms with van der Waals surface area (Å²) in [4.78, 5) is 0. The van der Waals surface area contributed by atoms with Gasteiger partial charge in [-0.1, -0.05) is 70.4 Å². The summed E-state index contributed by atoms with van der Waals surface area (Å²) in [5, 5.41) is 9.30. The Balaban J connectivity index is 2.78. The summed E-state index contributed by atoms with van der Waals surface area (Å²) >= 11 is 6.09. The molecule has 22 heavy (non-hydrogen) atoms. The van der Waals surface area contributed by atoms with Gasteiger partial charge in [0.05, 0.1) is 10.6 Å². The van der Waals surface area contributed by atoms with Crippen LogP contribution in [0.1, 0.15) is 88.7 Å². The van der Waals surface area contributed by atoms with Gasteiger partial charge < -0.3 is 0 Å². The van der Waals surface area contributed by atoms with E-state index in [-0.39, 0.29) is 17.3 Å². The maximum absolute atomic E-state index is 14.3. The molecular formula is C19H27ClFN. The van der Waals surface area contributed by atoms with Crippen LogP contribution in [0.5, 0.6) is 0 Å². The molecule has 0 radical (unpaired) electrons. The maximum atomic E-state index is 14.3. The van der Waals surface area contributed by atoms with Crippen LogP contribution < -0.4 is 0 Å². The monoisotopic (exact) mass is 323 g/mol. The van der Waals surface area contributed by atoms with Gasteiger partial charge in [0.1, 0.15) is 11.9 Å². The lowest BCUT2D eigenvalue weighted by Crippen LogP contribution is -2.03. The van der Waals surface area contributed by atoms with Crippen LogP contribution in [0.2, 0.25) is 5.02 Å². The molecule has 0 aliphatic rings. The van der Waals surface area contributed by atoms with E-state index in [1.165, 1.54) is 31.7 Å². The van der Waals surface area contributed by atoms with Gasteiger partial charge in [-0.3, -0.25) is 0 Å². The second-order valence-electron chi connectivity index (χ2n) is 6.01. The van der Waals surface area contributed by atoms with Gasteiger partial charge in [-0.25, -0.2) is 4.39 Å². The van der Waals surface area contributed by atoms with Gasteiger partial charge in [-0.15, -0.1) is 0 Å². The molecule has 0 bridgehead atoms.